The van der Waals surface area contributed by atoms with Crippen LogP contribution >= 0.6 is 0 Å². The lowest BCUT2D eigenvalue weighted by Gasteiger charge is -2.07. The molecule has 1 heterocycles. The molecule has 2 rings (SSSR count). The van der Waals surface area contributed by atoms with E-state index in [9.17, 15) is 4.79 Å². The van der Waals surface area contributed by atoms with Crippen LogP contribution in [0.3, 0.4) is 0 Å². The van der Waals surface area contributed by atoms with E-state index in [0.29, 0.717) is 17.7 Å². The molecule has 1 aromatic heterocycles. The fraction of sp³-hybridized carbons (Fsp3) is 0.188. The van der Waals surface area contributed by atoms with Crippen LogP contribution in [0, 0.1) is 0 Å². The molecular formula is C16H16N2O3. The smallest absolute Gasteiger partial charge is 0.367 e. The van der Waals surface area contributed by atoms with Gasteiger partial charge in [-0.2, -0.15) is 0 Å². The molecule has 0 atom stereocenters. The van der Waals surface area contributed by atoms with Crippen LogP contribution in [0.15, 0.2) is 53.9 Å². The highest BCUT2D eigenvalue weighted by Crippen LogP contribution is 2.18. The minimum atomic E-state index is -0.525. The normalized spacial score (nSPS) is 11.0. The molecule has 108 valence electrons. The summed E-state index contributed by atoms with van der Waals surface area (Å²) in [5.41, 5.74) is 2.03. The average Bonchev–Trinajstić information content (AvgIpc) is 2.54. The Morgan fingerprint density at radius 2 is 2.05 bits per heavy atom. The number of benzene rings is 1. The van der Waals surface area contributed by atoms with Gasteiger partial charge in [0.05, 0.1) is 18.4 Å². The predicted molar refractivity (Wildman–Crippen MR) is 79.5 cm³/mol. The van der Waals surface area contributed by atoms with Crippen LogP contribution in [-0.2, 0) is 11.3 Å². The lowest BCUT2D eigenvalue weighted by Crippen LogP contribution is -2.05. The number of methoxy groups -OCH3 is 1. The summed E-state index contributed by atoms with van der Waals surface area (Å²) < 4.78 is 5.27. The van der Waals surface area contributed by atoms with Gasteiger partial charge in [-0.15, -0.1) is 0 Å². The minimum absolute atomic E-state index is 0.367. The second-order valence-corrected chi connectivity index (χ2v) is 4.44. The first-order valence-electron chi connectivity index (χ1n) is 6.47. The summed E-state index contributed by atoms with van der Waals surface area (Å²) in [5, 5.41) is 3.85. The van der Waals surface area contributed by atoms with E-state index >= 15 is 0 Å². The molecule has 0 amide bonds. The number of hydrogen-bond acceptors (Lipinski definition) is 5. The third-order valence-electron chi connectivity index (χ3n) is 2.82. The molecule has 0 bridgehead atoms. The SMILES string of the molecule is COc1ccccc1C/C(C)=N/OC(=O)c1cccnc1. The van der Waals surface area contributed by atoms with Crippen molar-refractivity contribution in [1.29, 1.82) is 0 Å². The van der Waals surface area contributed by atoms with E-state index in [4.69, 9.17) is 9.57 Å². The summed E-state index contributed by atoms with van der Waals surface area (Å²) in [6.07, 6.45) is 3.57. The van der Waals surface area contributed by atoms with Crippen LogP contribution in [0.2, 0.25) is 0 Å². The van der Waals surface area contributed by atoms with E-state index in [-0.39, 0.29) is 0 Å². The van der Waals surface area contributed by atoms with Gasteiger partial charge in [-0.25, -0.2) is 4.79 Å². The van der Waals surface area contributed by atoms with Gasteiger partial charge in [-0.3, -0.25) is 4.98 Å². The molecule has 0 saturated carbocycles. The molecule has 5 nitrogen and oxygen atoms in total. The molecule has 0 fully saturated rings. The quantitative estimate of drug-likeness (QED) is 0.481. The summed E-state index contributed by atoms with van der Waals surface area (Å²) >= 11 is 0. The zero-order chi connectivity index (χ0) is 15.1. The Bertz CT molecular complexity index is 639. The third kappa shape index (κ3) is 4.14. The molecule has 1 aromatic carbocycles. The Balaban J connectivity index is 2.00. The first-order chi connectivity index (χ1) is 10.2. The van der Waals surface area contributed by atoms with Gasteiger partial charge in [0.2, 0.25) is 0 Å². The van der Waals surface area contributed by atoms with E-state index in [1.165, 1.54) is 6.20 Å². The van der Waals surface area contributed by atoms with Crippen LogP contribution in [0.5, 0.6) is 5.75 Å². The monoisotopic (exact) mass is 284 g/mol. The van der Waals surface area contributed by atoms with Gasteiger partial charge in [0.1, 0.15) is 5.75 Å². The van der Waals surface area contributed by atoms with Gasteiger partial charge in [0.15, 0.2) is 0 Å². The van der Waals surface area contributed by atoms with E-state index < -0.39 is 5.97 Å². The summed E-state index contributed by atoms with van der Waals surface area (Å²) in [7, 11) is 1.62. The molecule has 0 spiro atoms. The lowest BCUT2D eigenvalue weighted by atomic mass is 10.1. The highest BCUT2D eigenvalue weighted by atomic mass is 16.7. The summed E-state index contributed by atoms with van der Waals surface area (Å²) in [4.78, 5) is 20.5. The highest BCUT2D eigenvalue weighted by Gasteiger charge is 2.08. The van der Waals surface area contributed by atoms with Crippen molar-refractivity contribution < 1.29 is 14.4 Å². The third-order valence-corrected chi connectivity index (χ3v) is 2.82. The number of aromatic nitrogens is 1. The van der Waals surface area contributed by atoms with Crippen LogP contribution < -0.4 is 4.74 Å². The fourth-order valence-corrected chi connectivity index (χ4v) is 1.81. The van der Waals surface area contributed by atoms with Crippen molar-refractivity contribution in [1.82, 2.24) is 4.98 Å². The molecule has 0 N–H and O–H groups in total. The molecule has 0 aliphatic carbocycles. The maximum atomic E-state index is 11.7. The standard InChI is InChI=1S/C16H16N2O3/c1-12(10-13-6-3-4-8-15(13)20-2)18-21-16(19)14-7-5-9-17-11-14/h3-9,11H,10H2,1-2H3/b18-12+. The molecule has 0 aliphatic rings. The van der Waals surface area contributed by atoms with Crippen molar-refractivity contribution in [3.05, 3.63) is 59.9 Å². The highest BCUT2D eigenvalue weighted by molar-refractivity contribution is 5.90. The van der Waals surface area contributed by atoms with Gasteiger partial charge in [-0.1, -0.05) is 23.4 Å². The lowest BCUT2D eigenvalue weighted by molar-refractivity contribution is 0.0514. The van der Waals surface area contributed by atoms with E-state index in [0.717, 1.165) is 11.3 Å². The summed E-state index contributed by atoms with van der Waals surface area (Å²) in [5.74, 6) is 0.258. The van der Waals surface area contributed by atoms with Crippen molar-refractivity contribution in [3.8, 4) is 5.75 Å². The fourth-order valence-electron chi connectivity index (χ4n) is 1.81. The number of carbonyl (C=O) groups is 1. The van der Waals surface area contributed by atoms with Crippen molar-refractivity contribution >= 4 is 11.7 Å². The maximum absolute atomic E-state index is 11.7. The Morgan fingerprint density at radius 1 is 1.24 bits per heavy atom. The Hall–Kier alpha value is -2.69. The number of pyridine rings is 1. The first kappa shape index (κ1) is 14.7. The van der Waals surface area contributed by atoms with Gasteiger partial charge in [0.25, 0.3) is 0 Å². The number of ether oxygens (including phenoxy) is 1. The van der Waals surface area contributed by atoms with Crippen LogP contribution in [0.4, 0.5) is 0 Å². The van der Waals surface area contributed by atoms with Crippen LogP contribution in [0.25, 0.3) is 0 Å². The van der Waals surface area contributed by atoms with E-state index in [1.807, 2.05) is 24.3 Å². The Labute approximate surface area is 123 Å². The molecule has 0 unspecified atom stereocenters. The van der Waals surface area contributed by atoms with E-state index in [1.54, 1.807) is 32.4 Å². The van der Waals surface area contributed by atoms with Crippen LogP contribution in [0.1, 0.15) is 22.8 Å². The van der Waals surface area contributed by atoms with Crippen molar-refractivity contribution in [2.24, 2.45) is 5.16 Å². The number of oxime groups is 1. The molecule has 5 heteroatoms. The van der Waals surface area contributed by atoms with Crippen molar-refractivity contribution in [3.63, 3.8) is 0 Å². The van der Waals surface area contributed by atoms with Gasteiger partial charge < -0.3 is 9.57 Å². The van der Waals surface area contributed by atoms with Gasteiger partial charge >= 0.3 is 5.97 Å². The zero-order valence-electron chi connectivity index (χ0n) is 11.9. The van der Waals surface area contributed by atoms with Gasteiger partial charge in [-0.05, 0) is 30.7 Å². The van der Waals surface area contributed by atoms with Gasteiger partial charge in [0, 0.05) is 18.8 Å². The topological polar surface area (TPSA) is 60.8 Å². The Kier molecular flexibility index (Phi) is 5.04. The minimum Gasteiger partial charge on any atom is -0.496 e. The molecule has 0 aliphatic heterocycles. The molecular weight excluding hydrogens is 268 g/mol. The molecule has 2 aromatic rings. The Morgan fingerprint density at radius 3 is 2.76 bits per heavy atom. The number of rotatable bonds is 5. The van der Waals surface area contributed by atoms with E-state index in [2.05, 4.69) is 10.1 Å². The maximum Gasteiger partial charge on any atom is 0.367 e. The molecule has 0 radical (unpaired) electrons. The number of para-hydroxylation sites is 1. The summed E-state index contributed by atoms with van der Waals surface area (Å²) in [6, 6.07) is 10.9. The second kappa shape index (κ2) is 7.19. The predicted octanol–water partition coefficient (Wildman–Crippen LogP) is 2.87. The van der Waals surface area contributed by atoms with Crippen molar-refractivity contribution in [2.45, 2.75) is 13.3 Å². The molecule has 21 heavy (non-hydrogen) atoms. The summed E-state index contributed by atoms with van der Waals surface area (Å²) in [6.45, 7) is 1.79. The number of nitrogens with zero attached hydrogens (tertiary/aromatic N) is 2. The van der Waals surface area contributed by atoms with Crippen molar-refractivity contribution in [2.75, 3.05) is 7.11 Å². The van der Waals surface area contributed by atoms with Crippen LogP contribution in [-0.4, -0.2) is 23.8 Å². The largest absolute Gasteiger partial charge is 0.496 e. The average molecular weight is 284 g/mol. The molecule has 0 saturated heterocycles. The number of hydrogen-bond donors (Lipinski definition) is 0. The first-order valence-corrected chi connectivity index (χ1v) is 6.47. The zero-order valence-corrected chi connectivity index (χ0v) is 11.9. The second-order valence-electron chi connectivity index (χ2n) is 4.44. The number of carbonyl (C=O) groups excluding carboxylic acids is 1.